The molecule has 1 saturated heterocycles. The van der Waals surface area contributed by atoms with Gasteiger partial charge in [-0.15, -0.1) is 0 Å². The largest absolute Gasteiger partial charge is 0.372 e. The number of carbonyl (C=O) groups is 1. The van der Waals surface area contributed by atoms with E-state index in [-0.39, 0.29) is 15.5 Å². The highest BCUT2D eigenvalue weighted by Crippen LogP contribution is 2.27. The van der Waals surface area contributed by atoms with Gasteiger partial charge in [-0.05, 0) is 98.8 Å². The van der Waals surface area contributed by atoms with E-state index in [4.69, 9.17) is 11.6 Å². The van der Waals surface area contributed by atoms with Crippen molar-refractivity contribution in [1.29, 1.82) is 0 Å². The lowest BCUT2D eigenvalue weighted by Crippen LogP contribution is -2.29. The van der Waals surface area contributed by atoms with Crippen LogP contribution in [0.15, 0.2) is 65.6 Å². The van der Waals surface area contributed by atoms with Gasteiger partial charge in [0, 0.05) is 35.7 Å². The van der Waals surface area contributed by atoms with Crippen LogP contribution in [0, 0.1) is 13.8 Å². The Labute approximate surface area is 206 Å². The van der Waals surface area contributed by atoms with Crippen LogP contribution in [0.25, 0.3) is 0 Å². The average molecular weight is 498 g/mol. The summed E-state index contributed by atoms with van der Waals surface area (Å²) in [6.45, 7) is 5.95. The fraction of sp³-hybridized carbons (Fsp3) is 0.269. The summed E-state index contributed by atoms with van der Waals surface area (Å²) in [5.74, 6) is -0.412. The first-order chi connectivity index (χ1) is 16.2. The topological polar surface area (TPSA) is 78.5 Å². The van der Waals surface area contributed by atoms with Gasteiger partial charge < -0.3 is 10.2 Å². The summed E-state index contributed by atoms with van der Waals surface area (Å²) in [7, 11) is -3.99. The fourth-order valence-electron chi connectivity index (χ4n) is 3.98. The van der Waals surface area contributed by atoms with Crippen molar-refractivity contribution in [2.24, 2.45) is 0 Å². The Morgan fingerprint density at radius 3 is 2.21 bits per heavy atom. The molecule has 3 aromatic carbocycles. The molecule has 0 aromatic heterocycles. The first-order valence-electron chi connectivity index (χ1n) is 11.3. The standard InChI is InChI=1S/C26H28ClN3O3S/c1-18-6-8-22(16-19(18)2)29-34(32,33)25-17-20(7-13-24(25)27)26(31)28-21-9-11-23(12-10-21)30-14-4-3-5-15-30/h6-13,16-17,29H,3-5,14-15H2,1-2H3,(H,28,31). The second-order valence-electron chi connectivity index (χ2n) is 8.60. The normalized spacial score (nSPS) is 14.0. The molecule has 0 atom stereocenters. The summed E-state index contributed by atoms with van der Waals surface area (Å²) in [5.41, 5.74) is 4.43. The Balaban J connectivity index is 1.50. The number of carbonyl (C=O) groups excluding carboxylic acids is 1. The molecule has 3 aromatic rings. The monoisotopic (exact) mass is 497 g/mol. The van der Waals surface area contributed by atoms with Gasteiger partial charge in [-0.2, -0.15) is 0 Å². The number of hydrogen-bond donors (Lipinski definition) is 2. The summed E-state index contributed by atoms with van der Waals surface area (Å²) >= 11 is 6.20. The van der Waals surface area contributed by atoms with Crippen LogP contribution in [0.4, 0.5) is 17.1 Å². The van der Waals surface area contributed by atoms with Crippen molar-refractivity contribution < 1.29 is 13.2 Å². The van der Waals surface area contributed by atoms with E-state index >= 15 is 0 Å². The number of benzene rings is 3. The first-order valence-corrected chi connectivity index (χ1v) is 13.1. The van der Waals surface area contributed by atoms with E-state index < -0.39 is 15.9 Å². The minimum Gasteiger partial charge on any atom is -0.372 e. The van der Waals surface area contributed by atoms with E-state index in [1.165, 1.54) is 37.5 Å². The van der Waals surface area contributed by atoms with Gasteiger partial charge in [0.15, 0.2) is 0 Å². The average Bonchev–Trinajstić information content (AvgIpc) is 2.82. The van der Waals surface area contributed by atoms with E-state index in [0.29, 0.717) is 11.4 Å². The van der Waals surface area contributed by atoms with Gasteiger partial charge in [-0.25, -0.2) is 8.42 Å². The summed E-state index contributed by atoms with van der Waals surface area (Å²) in [4.78, 5) is 15.0. The van der Waals surface area contributed by atoms with Gasteiger partial charge in [0.2, 0.25) is 0 Å². The summed E-state index contributed by atoms with van der Waals surface area (Å²) in [6, 6.07) is 17.2. The molecule has 4 rings (SSSR count). The maximum absolute atomic E-state index is 13.0. The summed E-state index contributed by atoms with van der Waals surface area (Å²) in [5, 5.41) is 2.87. The van der Waals surface area contributed by atoms with Crippen molar-refractivity contribution in [3.8, 4) is 0 Å². The zero-order chi connectivity index (χ0) is 24.3. The van der Waals surface area contributed by atoms with Crippen molar-refractivity contribution in [3.05, 3.63) is 82.4 Å². The quantitative estimate of drug-likeness (QED) is 0.437. The maximum atomic E-state index is 13.0. The third kappa shape index (κ3) is 5.54. The highest BCUT2D eigenvalue weighted by atomic mass is 35.5. The molecule has 1 aliphatic rings. The molecule has 1 aliphatic heterocycles. The minimum absolute atomic E-state index is 0.0405. The van der Waals surface area contributed by atoms with Crippen molar-refractivity contribution >= 4 is 44.6 Å². The molecular weight excluding hydrogens is 470 g/mol. The number of anilines is 3. The summed E-state index contributed by atoms with van der Waals surface area (Å²) < 4.78 is 28.6. The number of aryl methyl sites for hydroxylation is 2. The molecule has 2 N–H and O–H groups in total. The maximum Gasteiger partial charge on any atom is 0.263 e. The summed E-state index contributed by atoms with van der Waals surface area (Å²) in [6.07, 6.45) is 3.65. The molecular formula is C26H28ClN3O3S. The minimum atomic E-state index is -3.99. The number of rotatable bonds is 6. The number of piperidine rings is 1. The van der Waals surface area contributed by atoms with Gasteiger partial charge in [0.1, 0.15) is 4.90 Å². The second kappa shape index (κ2) is 10.1. The predicted molar refractivity (Wildman–Crippen MR) is 139 cm³/mol. The van der Waals surface area contributed by atoms with Crippen LogP contribution in [-0.4, -0.2) is 27.4 Å². The van der Waals surface area contributed by atoms with E-state index in [1.54, 1.807) is 12.1 Å². The van der Waals surface area contributed by atoms with E-state index in [1.807, 2.05) is 44.2 Å². The van der Waals surface area contributed by atoms with Crippen LogP contribution < -0.4 is 14.9 Å². The molecule has 1 amide bonds. The number of hydrogen-bond acceptors (Lipinski definition) is 4. The fourth-order valence-corrected chi connectivity index (χ4v) is 5.55. The van der Waals surface area contributed by atoms with Gasteiger partial charge in [0.25, 0.3) is 15.9 Å². The Kier molecular flexibility index (Phi) is 7.14. The van der Waals surface area contributed by atoms with E-state index in [0.717, 1.165) is 29.9 Å². The zero-order valence-electron chi connectivity index (χ0n) is 19.3. The van der Waals surface area contributed by atoms with Crippen LogP contribution >= 0.6 is 11.6 Å². The predicted octanol–water partition coefficient (Wildman–Crippen LogP) is 6.00. The second-order valence-corrected chi connectivity index (χ2v) is 10.7. The number of nitrogens with one attached hydrogen (secondary N) is 2. The zero-order valence-corrected chi connectivity index (χ0v) is 20.8. The Morgan fingerprint density at radius 2 is 1.53 bits per heavy atom. The third-order valence-electron chi connectivity index (χ3n) is 6.09. The Morgan fingerprint density at radius 1 is 0.853 bits per heavy atom. The number of sulfonamides is 1. The molecule has 0 spiro atoms. The van der Waals surface area contributed by atoms with Gasteiger partial charge in [-0.3, -0.25) is 9.52 Å². The van der Waals surface area contributed by atoms with E-state index in [2.05, 4.69) is 14.9 Å². The van der Waals surface area contributed by atoms with Crippen molar-refractivity contribution in [2.75, 3.05) is 28.0 Å². The van der Waals surface area contributed by atoms with Crippen LogP contribution in [0.5, 0.6) is 0 Å². The molecule has 1 heterocycles. The SMILES string of the molecule is Cc1ccc(NS(=O)(=O)c2cc(C(=O)Nc3ccc(N4CCCCC4)cc3)ccc2Cl)cc1C. The Hall–Kier alpha value is -3.03. The van der Waals surface area contributed by atoms with Crippen LogP contribution in [0.1, 0.15) is 40.7 Å². The van der Waals surface area contributed by atoms with Gasteiger partial charge >= 0.3 is 0 Å². The van der Waals surface area contributed by atoms with Gasteiger partial charge in [-0.1, -0.05) is 17.7 Å². The number of nitrogens with zero attached hydrogens (tertiary/aromatic N) is 1. The molecule has 0 unspecified atom stereocenters. The van der Waals surface area contributed by atoms with Crippen LogP contribution in [0.3, 0.4) is 0 Å². The van der Waals surface area contributed by atoms with E-state index in [9.17, 15) is 13.2 Å². The van der Waals surface area contributed by atoms with Crippen molar-refractivity contribution in [2.45, 2.75) is 38.0 Å². The molecule has 1 fully saturated rings. The molecule has 34 heavy (non-hydrogen) atoms. The van der Waals surface area contributed by atoms with Crippen LogP contribution in [0.2, 0.25) is 5.02 Å². The molecule has 0 saturated carbocycles. The van der Waals surface area contributed by atoms with Crippen molar-refractivity contribution in [1.82, 2.24) is 0 Å². The van der Waals surface area contributed by atoms with Crippen LogP contribution in [-0.2, 0) is 10.0 Å². The highest BCUT2D eigenvalue weighted by Gasteiger charge is 2.21. The van der Waals surface area contributed by atoms with Crippen molar-refractivity contribution in [3.63, 3.8) is 0 Å². The number of amides is 1. The lowest BCUT2D eigenvalue weighted by Gasteiger charge is -2.28. The molecule has 0 aliphatic carbocycles. The lowest BCUT2D eigenvalue weighted by molar-refractivity contribution is 0.102. The Bertz CT molecular complexity index is 1300. The number of halogens is 1. The highest BCUT2D eigenvalue weighted by molar-refractivity contribution is 7.92. The molecule has 0 bridgehead atoms. The lowest BCUT2D eigenvalue weighted by atomic mass is 10.1. The van der Waals surface area contributed by atoms with Gasteiger partial charge in [0.05, 0.1) is 5.02 Å². The first kappa shape index (κ1) is 24.1. The molecule has 6 nitrogen and oxygen atoms in total. The third-order valence-corrected chi connectivity index (χ3v) is 7.95. The smallest absolute Gasteiger partial charge is 0.263 e. The molecule has 0 radical (unpaired) electrons. The molecule has 8 heteroatoms. The molecule has 178 valence electrons.